The number of hydrogen-bond donors (Lipinski definition) is 0. The monoisotopic (exact) mass is 588 g/mol. The summed E-state index contributed by atoms with van der Waals surface area (Å²) in [6, 6.07) is 27.3. The van der Waals surface area contributed by atoms with Gasteiger partial charge in [-0.2, -0.15) is 0 Å². The standard InChI is InChI=1S/C35H48O4Si2/c1-26-15-19-29(20-16-26)40(6,7)31(23-33(36)38-25-28-13-11-10-12-14-28)32(24-34(37)39-35(3,4)5)41(8,9)30-21-17-27(2)18-22-30/h10-22,31-32H,23-25H2,1-9H3/t31-,32+/m1/s1. The summed E-state index contributed by atoms with van der Waals surface area (Å²) in [5.41, 5.74) is 2.75. The van der Waals surface area contributed by atoms with Gasteiger partial charge in [0.15, 0.2) is 0 Å². The van der Waals surface area contributed by atoms with Crippen LogP contribution in [0, 0.1) is 13.8 Å². The average molecular weight is 589 g/mol. The number of aryl methyl sites for hydroxylation is 2. The fourth-order valence-electron chi connectivity index (χ4n) is 5.73. The number of benzene rings is 3. The molecule has 3 aromatic rings. The van der Waals surface area contributed by atoms with E-state index in [0.29, 0.717) is 0 Å². The van der Waals surface area contributed by atoms with Crippen molar-refractivity contribution in [2.24, 2.45) is 0 Å². The number of carbonyl (C=O) groups is 2. The Balaban J connectivity index is 2.08. The molecule has 2 atom stereocenters. The third kappa shape index (κ3) is 9.01. The van der Waals surface area contributed by atoms with Crippen molar-refractivity contribution in [2.75, 3.05) is 0 Å². The Bertz CT molecular complexity index is 1290. The predicted octanol–water partition coefficient (Wildman–Crippen LogP) is 7.44. The molecule has 0 heterocycles. The van der Waals surface area contributed by atoms with Crippen LogP contribution < -0.4 is 10.4 Å². The first-order chi connectivity index (χ1) is 19.1. The highest BCUT2D eigenvalue weighted by molar-refractivity contribution is 6.96. The molecule has 0 saturated carbocycles. The van der Waals surface area contributed by atoms with Crippen molar-refractivity contribution in [3.8, 4) is 0 Å². The zero-order chi connectivity index (χ0) is 30.4. The Kier molecular flexibility index (Phi) is 10.6. The quantitative estimate of drug-likeness (QED) is 0.173. The Labute approximate surface area is 249 Å². The van der Waals surface area contributed by atoms with Crippen LogP contribution in [0.4, 0.5) is 0 Å². The second kappa shape index (κ2) is 13.3. The van der Waals surface area contributed by atoms with Gasteiger partial charge in [-0.05, 0) is 51.3 Å². The minimum atomic E-state index is -2.32. The summed E-state index contributed by atoms with van der Waals surface area (Å²) in [7, 11) is -4.63. The number of esters is 2. The molecule has 0 N–H and O–H groups in total. The summed E-state index contributed by atoms with van der Waals surface area (Å²) in [4.78, 5) is 27.1. The summed E-state index contributed by atoms with van der Waals surface area (Å²) in [6.45, 7) is 19.5. The summed E-state index contributed by atoms with van der Waals surface area (Å²) < 4.78 is 11.8. The zero-order valence-electron chi connectivity index (χ0n) is 26.4. The lowest BCUT2D eigenvalue weighted by Crippen LogP contribution is -2.56. The van der Waals surface area contributed by atoms with Crippen molar-refractivity contribution in [3.05, 3.63) is 95.6 Å². The Morgan fingerprint density at radius 3 is 1.49 bits per heavy atom. The van der Waals surface area contributed by atoms with E-state index in [1.165, 1.54) is 21.5 Å². The van der Waals surface area contributed by atoms with Crippen LogP contribution >= 0.6 is 0 Å². The van der Waals surface area contributed by atoms with Gasteiger partial charge in [0.1, 0.15) is 12.2 Å². The molecule has 6 heteroatoms. The largest absolute Gasteiger partial charge is 0.461 e. The SMILES string of the molecule is Cc1ccc([Si](C)(C)[C@H](CC(=O)OCc2ccccc2)[C@H](CC(=O)OC(C)(C)C)[Si](C)(C)c2ccc(C)cc2)cc1. The highest BCUT2D eigenvalue weighted by atomic mass is 28.3. The van der Waals surface area contributed by atoms with E-state index in [1.54, 1.807) is 0 Å². The van der Waals surface area contributed by atoms with Crippen molar-refractivity contribution < 1.29 is 19.1 Å². The van der Waals surface area contributed by atoms with Crippen LogP contribution in [0.25, 0.3) is 0 Å². The first kappa shape index (κ1) is 32.5. The number of ether oxygens (including phenoxy) is 2. The minimum absolute atomic E-state index is 0.0210. The first-order valence-corrected chi connectivity index (χ1v) is 20.8. The van der Waals surface area contributed by atoms with Crippen LogP contribution in [-0.4, -0.2) is 33.7 Å². The van der Waals surface area contributed by atoms with E-state index in [2.05, 4.69) is 88.6 Å². The maximum atomic E-state index is 13.6. The molecule has 0 fully saturated rings. The van der Waals surface area contributed by atoms with Crippen molar-refractivity contribution in [3.63, 3.8) is 0 Å². The van der Waals surface area contributed by atoms with Gasteiger partial charge in [-0.3, -0.25) is 9.59 Å². The Morgan fingerprint density at radius 1 is 0.659 bits per heavy atom. The van der Waals surface area contributed by atoms with Gasteiger partial charge in [-0.25, -0.2) is 0 Å². The van der Waals surface area contributed by atoms with E-state index in [1.807, 2.05) is 51.1 Å². The molecule has 4 nitrogen and oxygen atoms in total. The summed E-state index contributed by atoms with van der Waals surface area (Å²) in [6.07, 6.45) is 0.555. The molecule has 0 aliphatic carbocycles. The number of carbonyl (C=O) groups excluding carboxylic acids is 2. The predicted molar refractivity (Wildman–Crippen MR) is 175 cm³/mol. The van der Waals surface area contributed by atoms with Crippen molar-refractivity contribution in [1.29, 1.82) is 0 Å². The smallest absolute Gasteiger partial charge is 0.306 e. The molecule has 0 saturated heterocycles. The highest BCUT2D eigenvalue weighted by Gasteiger charge is 2.48. The van der Waals surface area contributed by atoms with E-state index >= 15 is 0 Å². The normalized spacial score (nSPS) is 13.8. The van der Waals surface area contributed by atoms with Gasteiger partial charge in [0.05, 0.1) is 16.1 Å². The molecular formula is C35H48O4Si2. The van der Waals surface area contributed by atoms with Crippen LogP contribution in [0.5, 0.6) is 0 Å². The van der Waals surface area contributed by atoms with E-state index in [9.17, 15) is 9.59 Å². The fourth-order valence-corrected chi connectivity index (χ4v) is 14.7. The molecule has 220 valence electrons. The van der Waals surface area contributed by atoms with Gasteiger partial charge < -0.3 is 9.47 Å². The number of hydrogen-bond acceptors (Lipinski definition) is 4. The minimum Gasteiger partial charge on any atom is -0.461 e. The van der Waals surface area contributed by atoms with Crippen LogP contribution in [0.3, 0.4) is 0 Å². The lowest BCUT2D eigenvalue weighted by atomic mass is 10.1. The molecule has 0 unspecified atom stereocenters. The molecule has 0 aliphatic rings. The maximum Gasteiger partial charge on any atom is 0.306 e. The molecule has 3 aromatic carbocycles. The highest BCUT2D eigenvalue weighted by Crippen LogP contribution is 2.46. The van der Waals surface area contributed by atoms with Gasteiger partial charge in [0.2, 0.25) is 0 Å². The van der Waals surface area contributed by atoms with Crippen LogP contribution in [0.15, 0.2) is 78.9 Å². The van der Waals surface area contributed by atoms with E-state index in [4.69, 9.17) is 9.47 Å². The lowest BCUT2D eigenvalue weighted by Gasteiger charge is -2.45. The van der Waals surface area contributed by atoms with Gasteiger partial charge in [-0.15, -0.1) is 0 Å². The third-order valence-electron chi connectivity index (χ3n) is 8.37. The van der Waals surface area contributed by atoms with Crippen LogP contribution in [-0.2, 0) is 25.7 Å². The van der Waals surface area contributed by atoms with Gasteiger partial charge in [0, 0.05) is 12.8 Å². The molecule has 0 aliphatic heterocycles. The molecule has 0 amide bonds. The lowest BCUT2D eigenvalue weighted by molar-refractivity contribution is -0.155. The third-order valence-corrected chi connectivity index (χ3v) is 17.3. The average Bonchev–Trinajstić information content (AvgIpc) is 2.89. The Morgan fingerprint density at radius 2 is 1.07 bits per heavy atom. The summed E-state index contributed by atoms with van der Waals surface area (Å²) >= 11 is 0. The summed E-state index contributed by atoms with van der Waals surface area (Å²) in [5, 5.41) is 2.57. The van der Waals surface area contributed by atoms with Crippen molar-refractivity contribution in [1.82, 2.24) is 0 Å². The van der Waals surface area contributed by atoms with E-state index in [0.717, 1.165) is 5.56 Å². The topological polar surface area (TPSA) is 52.6 Å². The summed E-state index contributed by atoms with van der Waals surface area (Å²) in [5.74, 6) is -0.416. The second-order valence-corrected chi connectivity index (χ2v) is 23.1. The molecule has 0 bridgehead atoms. The fraction of sp³-hybridized carbons (Fsp3) is 0.429. The van der Waals surface area contributed by atoms with Gasteiger partial charge in [-0.1, -0.05) is 127 Å². The molecule has 0 aromatic heterocycles. The Hall–Kier alpha value is -2.97. The van der Waals surface area contributed by atoms with E-state index in [-0.39, 0.29) is 42.5 Å². The van der Waals surface area contributed by atoms with Crippen LogP contribution in [0.1, 0.15) is 50.3 Å². The molecule has 0 radical (unpaired) electrons. The molecule has 41 heavy (non-hydrogen) atoms. The van der Waals surface area contributed by atoms with E-state index < -0.39 is 21.7 Å². The van der Waals surface area contributed by atoms with Crippen molar-refractivity contribution >= 4 is 38.5 Å². The van der Waals surface area contributed by atoms with Crippen LogP contribution in [0.2, 0.25) is 37.3 Å². The van der Waals surface area contributed by atoms with Crippen molar-refractivity contribution in [2.45, 2.75) is 96.9 Å². The number of rotatable bonds is 11. The molecule has 0 spiro atoms. The maximum absolute atomic E-state index is 13.6. The molecular weight excluding hydrogens is 541 g/mol. The van der Waals surface area contributed by atoms with Gasteiger partial charge in [0.25, 0.3) is 0 Å². The zero-order valence-corrected chi connectivity index (χ0v) is 28.4. The second-order valence-electron chi connectivity index (χ2n) is 13.5. The first-order valence-electron chi connectivity index (χ1n) is 14.7. The molecule has 3 rings (SSSR count). The van der Waals surface area contributed by atoms with Gasteiger partial charge >= 0.3 is 11.9 Å².